The molecule has 0 aliphatic carbocycles. The largest absolute Gasteiger partial charge is 0.508 e. The highest BCUT2D eigenvalue weighted by atomic mass is 16.3. The highest BCUT2D eigenvalue weighted by Gasteiger charge is 2.17. The van der Waals surface area contributed by atoms with Crippen LogP contribution in [0.3, 0.4) is 0 Å². The Morgan fingerprint density at radius 1 is 1.43 bits per heavy atom. The minimum absolute atomic E-state index is 0.0560. The van der Waals surface area contributed by atoms with Crippen molar-refractivity contribution in [3.8, 4) is 5.75 Å². The lowest BCUT2D eigenvalue weighted by Crippen LogP contribution is -2.42. The number of carbonyl (C=O) groups is 2. The summed E-state index contributed by atoms with van der Waals surface area (Å²) >= 11 is 0. The number of phenols is 1. The van der Waals surface area contributed by atoms with Gasteiger partial charge in [0.1, 0.15) is 5.75 Å². The van der Waals surface area contributed by atoms with Gasteiger partial charge in [-0.3, -0.25) is 4.79 Å². The number of hydrogen-bond acceptors (Lipinski definition) is 4. The zero-order valence-electron chi connectivity index (χ0n) is 12.0. The molecule has 1 atom stereocenters. The average molecular weight is 295 g/mol. The van der Waals surface area contributed by atoms with Crippen molar-refractivity contribution in [3.05, 3.63) is 29.8 Å². The smallest absolute Gasteiger partial charge is 0.317 e. The molecule has 7 heteroatoms. The molecule has 0 radical (unpaired) electrons. The number of nitrogens with one attached hydrogen (secondary N) is 1. The zero-order chi connectivity index (χ0) is 15.8. The summed E-state index contributed by atoms with van der Waals surface area (Å²) in [6, 6.07) is 5.87. The van der Waals surface area contributed by atoms with Gasteiger partial charge in [-0.1, -0.05) is 12.1 Å². The van der Waals surface area contributed by atoms with Gasteiger partial charge in [0.2, 0.25) is 5.91 Å². The van der Waals surface area contributed by atoms with E-state index in [1.54, 1.807) is 19.1 Å². The quantitative estimate of drug-likeness (QED) is 0.580. The lowest BCUT2D eigenvalue weighted by atomic mass is 10.1. The number of aromatic hydroxyl groups is 1. The third-order valence-electron chi connectivity index (χ3n) is 2.96. The number of hydrogen-bond donors (Lipinski definition) is 4. The Morgan fingerprint density at radius 3 is 2.71 bits per heavy atom. The molecule has 0 aliphatic heterocycles. The highest BCUT2D eigenvalue weighted by Crippen LogP contribution is 2.19. The summed E-state index contributed by atoms with van der Waals surface area (Å²) in [4.78, 5) is 23.9. The average Bonchev–Trinajstić information content (AvgIpc) is 2.43. The first-order valence-electron chi connectivity index (χ1n) is 6.72. The van der Waals surface area contributed by atoms with Crippen LogP contribution >= 0.6 is 0 Å². The van der Waals surface area contributed by atoms with E-state index in [0.29, 0.717) is 12.1 Å². The standard InChI is InChI=1S/C14H21N3O4/c1-2-17(14(21)16-7-6-13(15)20)9-12(19)10-4-3-5-11(18)8-10/h3-5,8,12,18-19H,2,6-7,9H2,1H3,(H2,15,20)(H,16,21). The first-order chi connectivity index (χ1) is 9.93. The summed E-state index contributed by atoms with van der Waals surface area (Å²) in [6.07, 6.45) is -0.836. The molecule has 0 heterocycles. The Labute approximate surface area is 123 Å². The van der Waals surface area contributed by atoms with Gasteiger partial charge >= 0.3 is 6.03 Å². The van der Waals surface area contributed by atoms with Crippen molar-refractivity contribution in [2.45, 2.75) is 19.4 Å². The summed E-state index contributed by atoms with van der Waals surface area (Å²) < 4.78 is 0. The third-order valence-corrected chi connectivity index (χ3v) is 2.96. The summed E-state index contributed by atoms with van der Waals surface area (Å²) in [5.41, 5.74) is 5.52. The summed E-state index contributed by atoms with van der Waals surface area (Å²) in [6.45, 7) is 2.43. The summed E-state index contributed by atoms with van der Waals surface area (Å²) in [5, 5.41) is 22.0. The van der Waals surface area contributed by atoms with E-state index in [2.05, 4.69) is 5.32 Å². The van der Waals surface area contributed by atoms with E-state index in [-0.39, 0.29) is 31.3 Å². The van der Waals surface area contributed by atoms with Crippen LogP contribution in [0.5, 0.6) is 5.75 Å². The predicted octanol–water partition coefficient (Wildman–Crippen LogP) is 0.332. The number of primary amides is 1. The Morgan fingerprint density at radius 2 is 2.14 bits per heavy atom. The van der Waals surface area contributed by atoms with Crippen molar-refractivity contribution in [3.63, 3.8) is 0 Å². The fraction of sp³-hybridized carbons (Fsp3) is 0.429. The van der Waals surface area contributed by atoms with Crippen molar-refractivity contribution in [1.82, 2.24) is 10.2 Å². The monoisotopic (exact) mass is 295 g/mol. The number of rotatable bonds is 7. The lowest BCUT2D eigenvalue weighted by molar-refractivity contribution is -0.117. The second-order valence-corrected chi connectivity index (χ2v) is 4.60. The van der Waals surface area contributed by atoms with Crippen LogP contribution in [-0.4, -0.2) is 46.7 Å². The SMILES string of the molecule is CCN(CC(O)c1cccc(O)c1)C(=O)NCCC(N)=O. The first-order valence-corrected chi connectivity index (χ1v) is 6.72. The van der Waals surface area contributed by atoms with Crippen molar-refractivity contribution in [1.29, 1.82) is 0 Å². The molecule has 5 N–H and O–H groups in total. The van der Waals surface area contributed by atoms with Gasteiger partial charge in [-0.15, -0.1) is 0 Å². The van der Waals surface area contributed by atoms with E-state index in [9.17, 15) is 19.8 Å². The van der Waals surface area contributed by atoms with E-state index in [0.717, 1.165) is 0 Å². The number of aliphatic hydroxyl groups is 1. The van der Waals surface area contributed by atoms with Gasteiger partial charge in [0.25, 0.3) is 0 Å². The number of likely N-dealkylation sites (N-methyl/N-ethyl adjacent to an activating group) is 1. The fourth-order valence-corrected chi connectivity index (χ4v) is 1.81. The van der Waals surface area contributed by atoms with Crippen LogP contribution in [0.2, 0.25) is 0 Å². The van der Waals surface area contributed by atoms with Gasteiger partial charge in [-0.2, -0.15) is 0 Å². The number of urea groups is 1. The normalized spacial score (nSPS) is 11.7. The number of nitrogens with zero attached hydrogens (tertiary/aromatic N) is 1. The van der Waals surface area contributed by atoms with E-state index in [1.807, 2.05) is 0 Å². The molecule has 21 heavy (non-hydrogen) atoms. The third kappa shape index (κ3) is 5.70. The molecule has 1 aromatic rings. The van der Waals surface area contributed by atoms with Crippen LogP contribution < -0.4 is 11.1 Å². The topological polar surface area (TPSA) is 116 Å². The molecule has 3 amide bonds. The Kier molecular flexibility index (Phi) is 6.48. The predicted molar refractivity (Wildman–Crippen MR) is 77.5 cm³/mol. The maximum atomic E-state index is 11.9. The van der Waals surface area contributed by atoms with Crippen LogP contribution in [0.1, 0.15) is 25.0 Å². The van der Waals surface area contributed by atoms with E-state index < -0.39 is 12.0 Å². The molecule has 0 bridgehead atoms. The molecular weight excluding hydrogens is 274 g/mol. The molecule has 1 aromatic carbocycles. The van der Waals surface area contributed by atoms with E-state index in [1.165, 1.54) is 17.0 Å². The minimum atomic E-state index is -0.904. The number of phenolic OH excluding ortho intramolecular Hbond substituents is 1. The molecule has 0 spiro atoms. The minimum Gasteiger partial charge on any atom is -0.508 e. The molecule has 0 fully saturated rings. The van der Waals surface area contributed by atoms with Crippen LogP contribution in [0, 0.1) is 0 Å². The van der Waals surface area contributed by atoms with Gasteiger partial charge in [0.05, 0.1) is 12.6 Å². The van der Waals surface area contributed by atoms with Crippen molar-refractivity contribution in [2.24, 2.45) is 5.73 Å². The van der Waals surface area contributed by atoms with Gasteiger partial charge in [0, 0.05) is 19.5 Å². The molecule has 1 rings (SSSR count). The van der Waals surface area contributed by atoms with E-state index >= 15 is 0 Å². The molecule has 7 nitrogen and oxygen atoms in total. The Hall–Kier alpha value is -2.28. The number of carbonyl (C=O) groups excluding carboxylic acids is 2. The second kappa shape index (κ2) is 8.11. The van der Waals surface area contributed by atoms with Crippen molar-refractivity contribution >= 4 is 11.9 Å². The van der Waals surface area contributed by atoms with Crippen LogP contribution in [0.25, 0.3) is 0 Å². The maximum Gasteiger partial charge on any atom is 0.317 e. The van der Waals surface area contributed by atoms with Gasteiger partial charge < -0.3 is 26.2 Å². The summed E-state index contributed by atoms with van der Waals surface area (Å²) in [5.74, 6) is -0.432. The molecule has 1 unspecified atom stereocenters. The first kappa shape index (κ1) is 16.8. The molecular formula is C14H21N3O4. The molecule has 116 valence electrons. The van der Waals surface area contributed by atoms with Crippen LogP contribution in [-0.2, 0) is 4.79 Å². The molecule has 0 aliphatic rings. The second-order valence-electron chi connectivity index (χ2n) is 4.60. The Balaban J connectivity index is 2.56. The fourth-order valence-electron chi connectivity index (χ4n) is 1.81. The number of aliphatic hydroxyl groups excluding tert-OH is 1. The highest BCUT2D eigenvalue weighted by molar-refractivity contribution is 5.77. The molecule has 0 saturated heterocycles. The van der Waals surface area contributed by atoms with Crippen molar-refractivity contribution in [2.75, 3.05) is 19.6 Å². The van der Waals surface area contributed by atoms with Gasteiger partial charge in [-0.05, 0) is 24.6 Å². The van der Waals surface area contributed by atoms with Crippen LogP contribution in [0.15, 0.2) is 24.3 Å². The van der Waals surface area contributed by atoms with Crippen molar-refractivity contribution < 1.29 is 19.8 Å². The van der Waals surface area contributed by atoms with Crippen LogP contribution in [0.4, 0.5) is 4.79 Å². The maximum absolute atomic E-state index is 11.9. The number of benzene rings is 1. The van der Waals surface area contributed by atoms with Gasteiger partial charge in [0.15, 0.2) is 0 Å². The Bertz CT molecular complexity index is 493. The zero-order valence-corrected chi connectivity index (χ0v) is 12.0. The number of amides is 3. The molecule has 0 saturated carbocycles. The lowest BCUT2D eigenvalue weighted by Gasteiger charge is -2.24. The molecule has 0 aromatic heterocycles. The van der Waals surface area contributed by atoms with Gasteiger partial charge in [-0.25, -0.2) is 4.79 Å². The van der Waals surface area contributed by atoms with E-state index in [4.69, 9.17) is 5.73 Å². The summed E-state index contributed by atoms with van der Waals surface area (Å²) in [7, 11) is 0. The number of nitrogens with two attached hydrogens (primary N) is 1.